The zero-order chi connectivity index (χ0) is 15.0. The largest absolute Gasteiger partial charge is 0.303 e. The van der Waals surface area contributed by atoms with Crippen molar-refractivity contribution in [2.45, 2.75) is 46.2 Å². The van der Waals surface area contributed by atoms with Crippen LogP contribution in [0.15, 0.2) is 48.5 Å². The first-order chi connectivity index (χ1) is 9.97. The van der Waals surface area contributed by atoms with E-state index in [1.165, 1.54) is 22.3 Å². The number of nitrogens with one attached hydrogen (secondary N) is 1. The molecule has 0 bridgehead atoms. The lowest BCUT2D eigenvalue weighted by Crippen LogP contribution is -2.33. The molecule has 0 saturated heterocycles. The van der Waals surface area contributed by atoms with Crippen LogP contribution in [0.2, 0.25) is 0 Å². The zero-order valence-corrected chi connectivity index (χ0v) is 13.5. The fourth-order valence-corrected chi connectivity index (χ4v) is 3.59. The van der Waals surface area contributed by atoms with Crippen LogP contribution >= 0.6 is 0 Å². The molecule has 1 aliphatic carbocycles. The SMILES string of the molecule is Cc1cccc([C@@H](C)NC2c3ccccc3CC2(C)C)c1. The van der Waals surface area contributed by atoms with Crippen molar-refractivity contribution in [3.05, 3.63) is 70.8 Å². The number of benzene rings is 2. The van der Waals surface area contributed by atoms with Crippen LogP contribution in [0.5, 0.6) is 0 Å². The molecular weight excluding hydrogens is 254 g/mol. The Kier molecular flexibility index (Phi) is 3.62. The summed E-state index contributed by atoms with van der Waals surface area (Å²) < 4.78 is 0. The second kappa shape index (κ2) is 5.31. The van der Waals surface area contributed by atoms with E-state index < -0.39 is 0 Å². The quantitative estimate of drug-likeness (QED) is 0.836. The van der Waals surface area contributed by atoms with Gasteiger partial charge in [0.25, 0.3) is 0 Å². The number of hydrogen-bond acceptors (Lipinski definition) is 1. The predicted octanol–water partition coefficient (Wildman–Crippen LogP) is 4.97. The van der Waals surface area contributed by atoms with Crippen molar-refractivity contribution in [1.29, 1.82) is 0 Å². The first-order valence-electron chi connectivity index (χ1n) is 7.88. The normalized spacial score (nSPS) is 21.0. The van der Waals surface area contributed by atoms with Crippen molar-refractivity contribution in [2.75, 3.05) is 0 Å². The number of rotatable bonds is 3. The molecule has 0 aromatic heterocycles. The van der Waals surface area contributed by atoms with Crippen LogP contribution in [0.4, 0.5) is 0 Å². The van der Waals surface area contributed by atoms with E-state index in [1.807, 2.05) is 0 Å². The summed E-state index contributed by atoms with van der Waals surface area (Å²) >= 11 is 0. The van der Waals surface area contributed by atoms with E-state index in [9.17, 15) is 0 Å². The van der Waals surface area contributed by atoms with E-state index in [4.69, 9.17) is 0 Å². The van der Waals surface area contributed by atoms with Gasteiger partial charge in [-0.15, -0.1) is 0 Å². The van der Waals surface area contributed by atoms with Gasteiger partial charge in [-0.2, -0.15) is 0 Å². The van der Waals surface area contributed by atoms with E-state index in [0.29, 0.717) is 12.1 Å². The Morgan fingerprint density at radius 3 is 2.62 bits per heavy atom. The van der Waals surface area contributed by atoms with Crippen molar-refractivity contribution in [2.24, 2.45) is 5.41 Å². The van der Waals surface area contributed by atoms with Crippen LogP contribution in [0.25, 0.3) is 0 Å². The minimum absolute atomic E-state index is 0.266. The molecule has 2 aromatic carbocycles. The van der Waals surface area contributed by atoms with E-state index in [0.717, 1.165) is 6.42 Å². The molecule has 2 aromatic rings. The molecular formula is C20H25N. The van der Waals surface area contributed by atoms with Crippen molar-refractivity contribution in [3.63, 3.8) is 0 Å². The summed E-state index contributed by atoms with van der Waals surface area (Å²) in [6, 6.07) is 18.5. The minimum Gasteiger partial charge on any atom is -0.303 e. The van der Waals surface area contributed by atoms with Crippen LogP contribution in [-0.4, -0.2) is 0 Å². The lowest BCUT2D eigenvalue weighted by molar-refractivity contribution is 0.252. The molecule has 1 nitrogen and oxygen atoms in total. The maximum Gasteiger partial charge on any atom is 0.0382 e. The van der Waals surface area contributed by atoms with Gasteiger partial charge >= 0.3 is 0 Å². The van der Waals surface area contributed by atoms with Gasteiger partial charge < -0.3 is 5.32 Å². The summed E-state index contributed by atoms with van der Waals surface area (Å²) in [4.78, 5) is 0. The third-order valence-electron chi connectivity index (χ3n) is 4.75. The molecule has 0 heterocycles. The fourth-order valence-electron chi connectivity index (χ4n) is 3.59. The second-order valence-corrected chi connectivity index (χ2v) is 7.10. The summed E-state index contributed by atoms with van der Waals surface area (Å²) in [5, 5.41) is 3.87. The van der Waals surface area contributed by atoms with Crippen molar-refractivity contribution in [3.8, 4) is 0 Å². The maximum atomic E-state index is 3.87. The topological polar surface area (TPSA) is 12.0 Å². The summed E-state index contributed by atoms with van der Waals surface area (Å²) in [5.74, 6) is 0. The van der Waals surface area contributed by atoms with Gasteiger partial charge in [-0.3, -0.25) is 0 Å². The lowest BCUT2D eigenvalue weighted by Gasteiger charge is -2.31. The third kappa shape index (κ3) is 2.75. The summed E-state index contributed by atoms with van der Waals surface area (Å²) in [6.07, 6.45) is 1.15. The van der Waals surface area contributed by atoms with Gasteiger partial charge in [0, 0.05) is 12.1 Å². The Balaban J connectivity index is 1.87. The first-order valence-corrected chi connectivity index (χ1v) is 7.88. The highest BCUT2D eigenvalue weighted by molar-refractivity contribution is 5.38. The Bertz CT molecular complexity index is 642. The van der Waals surface area contributed by atoms with Gasteiger partial charge in [-0.05, 0) is 42.4 Å². The smallest absolute Gasteiger partial charge is 0.0382 e. The molecule has 0 radical (unpaired) electrons. The summed E-state index contributed by atoms with van der Waals surface area (Å²) in [5.41, 5.74) is 5.93. The highest BCUT2D eigenvalue weighted by atomic mass is 15.0. The van der Waals surface area contributed by atoms with Gasteiger partial charge in [-0.25, -0.2) is 0 Å². The highest BCUT2D eigenvalue weighted by Crippen LogP contribution is 2.45. The molecule has 1 aliphatic rings. The van der Waals surface area contributed by atoms with Crippen molar-refractivity contribution in [1.82, 2.24) is 5.32 Å². The summed E-state index contributed by atoms with van der Waals surface area (Å²) in [6.45, 7) is 9.16. The first kappa shape index (κ1) is 14.3. The second-order valence-electron chi connectivity index (χ2n) is 7.10. The molecule has 0 aliphatic heterocycles. The number of fused-ring (bicyclic) bond motifs is 1. The van der Waals surface area contributed by atoms with E-state index >= 15 is 0 Å². The summed E-state index contributed by atoms with van der Waals surface area (Å²) in [7, 11) is 0. The van der Waals surface area contributed by atoms with Crippen LogP contribution < -0.4 is 5.32 Å². The molecule has 3 rings (SSSR count). The predicted molar refractivity (Wildman–Crippen MR) is 89.4 cm³/mol. The zero-order valence-electron chi connectivity index (χ0n) is 13.5. The lowest BCUT2D eigenvalue weighted by atomic mass is 9.84. The molecule has 21 heavy (non-hydrogen) atoms. The average molecular weight is 279 g/mol. The van der Waals surface area contributed by atoms with E-state index in [1.54, 1.807) is 0 Å². The molecule has 2 atom stereocenters. The minimum atomic E-state index is 0.266. The molecule has 0 amide bonds. The average Bonchev–Trinajstić information content (AvgIpc) is 2.69. The molecule has 0 spiro atoms. The number of hydrogen-bond donors (Lipinski definition) is 1. The third-order valence-corrected chi connectivity index (χ3v) is 4.75. The Morgan fingerprint density at radius 1 is 1.10 bits per heavy atom. The molecule has 0 saturated carbocycles. The molecule has 1 heteroatoms. The number of aryl methyl sites for hydroxylation is 1. The Labute approximate surface area is 128 Å². The standard InChI is InChI=1S/C20H25N/c1-14-8-7-10-16(12-14)15(2)21-19-18-11-6-5-9-17(18)13-20(19,3)4/h5-12,15,19,21H,13H2,1-4H3/t15-,19?/m1/s1. The van der Waals surface area contributed by atoms with Crippen LogP contribution in [0.1, 0.15) is 55.1 Å². The molecule has 1 N–H and O–H groups in total. The maximum absolute atomic E-state index is 3.87. The van der Waals surface area contributed by atoms with Gasteiger partial charge in [0.05, 0.1) is 0 Å². The van der Waals surface area contributed by atoms with Gasteiger partial charge in [-0.1, -0.05) is 67.9 Å². The molecule has 110 valence electrons. The molecule has 1 unspecified atom stereocenters. The van der Waals surface area contributed by atoms with Crippen molar-refractivity contribution >= 4 is 0 Å². The van der Waals surface area contributed by atoms with Gasteiger partial charge in [0.15, 0.2) is 0 Å². The van der Waals surface area contributed by atoms with Crippen LogP contribution in [0.3, 0.4) is 0 Å². The van der Waals surface area contributed by atoms with Gasteiger partial charge in [0.1, 0.15) is 0 Å². The Hall–Kier alpha value is -1.60. The fraction of sp³-hybridized carbons (Fsp3) is 0.400. The Morgan fingerprint density at radius 2 is 1.86 bits per heavy atom. The van der Waals surface area contributed by atoms with E-state index in [-0.39, 0.29) is 5.41 Å². The van der Waals surface area contributed by atoms with Crippen LogP contribution in [0, 0.1) is 12.3 Å². The monoisotopic (exact) mass is 279 g/mol. The van der Waals surface area contributed by atoms with E-state index in [2.05, 4.69) is 81.5 Å². The van der Waals surface area contributed by atoms with Crippen molar-refractivity contribution < 1.29 is 0 Å². The van der Waals surface area contributed by atoms with Crippen LogP contribution in [-0.2, 0) is 6.42 Å². The highest BCUT2D eigenvalue weighted by Gasteiger charge is 2.39. The molecule has 0 fully saturated rings. The van der Waals surface area contributed by atoms with Gasteiger partial charge in [0.2, 0.25) is 0 Å².